The molecule has 1 saturated heterocycles. The van der Waals surface area contributed by atoms with Gasteiger partial charge in [0, 0.05) is 43.5 Å². The number of nitrogens with one attached hydrogen (secondary N) is 2. The molecule has 2 N–H and O–H groups in total. The van der Waals surface area contributed by atoms with Gasteiger partial charge in [-0.15, -0.1) is 0 Å². The quantitative estimate of drug-likeness (QED) is 0.454. The molecule has 190 valence electrons. The fourth-order valence-corrected chi connectivity index (χ4v) is 4.36. The van der Waals surface area contributed by atoms with Crippen LogP contribution in [0, 0.1) is 0 Å². The predicted molar refractivity (Wildman–Crippen MR) is 137 cm³/mol. The van der Waals surface area contributed by atoms with Crippen LogP contribution < -0.4 is 20.3 Å². The number of hydrogen-bond acceptors (Lipinski definition) is 6. The summed E-state index contributed by atoms with van der Waals surface area (Å²) in [4.78, 5) is 31.8. The first-order valence-electron chi connectivity index (χ1n) is 12.1. The Hall–Kier alpha value is -2.84. The van der Waals surface area contributed by atoms with Crippen LogP contribution >= 0.6 is 11.6 Å². The predicted octanol–water partition coefficient (Wildman–Crippen LogP) is 3.83. The van der Waals surface area contributed by atoms with Crippen LogP contribution in [-0.2, 0) is 9.53 Å². The van der Waals surface area contributed by atoms with Gasteiger partial charge in [0.25, 0.3) is 11.8 Å². The molecule has 1 aromatic heterocycles. The summed E-state index contributed by atoms with van der Waals surface area (Å²) in [6.07, 6.45) is 4.66. The maximum absolute atomic E-state index is 12.8. The Morgan fingerprint density at radius 2 is 2.00 bits per heavy atom. The van der Waals surface area contributed by atoms with Crippen LogP contribution in [0.4, 0.5) is 5.82 Å². The molecular formula is C26H35ClN4O4. The topological polar surface area (TPSA) is 92.8 Å². The number of nitrogens with zero attached hydrogens (tertiary/aromatic N) is 2. The van der Waals surface area contributed by atoms with Gasteiger partial charge in [0.15, 0.2) is 6.10 Å². The number of anilines is 1. The Kier molecular flexibility index (Phi) is 10.2. The fraction of sp³-hybridized carbons (Fsp3) is 0.500. The van der Waals surface area contributed by atoms with Crippen LogP contribution in [0.2, 0.25) is 5.02 Å². The van der Waals surface area contributed by atoms with Crippen LogP contribution in [0.25, 0.3) is 0 Å². The van der Waals surface area contributed by atoms with Crippen molar-refractivity contribution in [3.05, 3.63) is 53.2 Å². The molecule has 8 nitrogen and oxygen atoms in total. The Balaban J connectivity index is 1.56. The molecule has 2 aromatic rings. The molecule has 3 atom stereocenters. The van der Waals surface area contributed by atoms with E-state index in [1.807, 2.05) is 6.07 Å². The molecule has 1 aromatic carbocycles. The molecule has 1 aliphatic heterocycles. The van der Waals surface area contributed by atoms with E-state index in [0.29, 0.717) is 29.5 Å². The van der Waals surface area contributed by atoms with E-state index in [9.17, 15) is 9.59 Å². The molecule has 3 rings (SSSR count). The van der Waals surface area contributed by atoms with Crippen molar-refractivity contribution in [2.45, 2.75) is 57.7 Å². The normalized spacial score (nSPS) is 18.6. The number of benzene rings is 1. The van der Waals surface area contributed by atoms with E-state index in [0.717, 1.165) is 38.0 Å². The summed E-state index contributed by atoms with van der Waals surface area (Å²) in [7, 11) is 1.60. The van der Waals surface area contributed by atoms with Gasteiger partial charge < -0.3 is 25.0 Å². The number of rotatable bonds is 11. The molecule has 1 aliphatic rings. The molecule has 1 fully saturated rings. The first-order valence-corrected chi connectivity index (χ1v) is 12.5. The van der Waals surface area contributed by atoms with Crippen molar-refractivity contribution < 1.29 is 19.1 Å². The molecule has 2 heterocycles. The highest BCUT2D eigenvalue weighted by molar-refractivity contribution is 6.30. The molecule has 9 heteroatoms. The van der Waals surface area contributed by atoms with E-state index in [-0.39, 0.29) is 23.9 Å². The molecule has 3 unspecified atom stereocenters. The van der Waals surface area contributed by atoms with Crippen molar-refractivity contribution >= 4 is 29.2 Å². The van der Waals surface area contributed by atoms with Gasteiger partial charge in [-0.05, 0) is 62.6 Å². The number of pyridine rings is 1. The number of ether oxygens (including phenoxy) is 2. The molecule has 35 heavy (non-hydrogen) atoms. The second-order valence-electron chi connectivity index (χ2n) is 8.73. The third-order valence-corrected chi connectivity index (χ3v) is 6.33. The van der Waals surface area contributed by atoms with Crippen LogP contribution in [0.1, 0.15) is 49.9 Å². The lowest BCUT2D eigenvalue weighted by Gasteiger charge is -2.40. The average Bonchev–Trinajstić information content (AvgIpc) is 2.86. The first-order chi connectivity index (χ1) is 16.9. The average molecular weight is 503 g/mol. The number of piperidine rings is 1. The summed E-state index contributed by atoms with van der Waals surface area (Å²) in [5, 5.41) is 6.59. The van der Waals surface area contributed by atoms with Crippen LogP contribution in [-0.4, -0.2) is 61.8 Å². The van der Waals surface area contributed by atoms with Gasteiger partial charge >= 0.3 is 0 Å². The van der Waals surface area contributed by atoms with Crippen molar-refractivity contribution in [3.8, 4) is 5.75 Å². The SMILES string of the molecule is CCCC1CC(NC(=O)C(C)Oc2ccc(Cl)cc2)CCN1c1ccc(C(=O)NCCOC)cn1. The smallest absolute Gasteiger partial charge is 0.260 e. The van der Waals surface area contributed by atoms with Gasteiger partial charge in [-0.2, -0.15) is 0 Å². The standard InChI is InChI=1S/C26H35ClN4O4/c1-4-5-22-16-21(30-25(32)18(2)35-23-9-7-20(27)8-10-23)12-14-31(22)24-11-6-19(17-29-24)26(33)28-13-15-34-3/h6-11,17-18,21-22H,4-5,12-16H2,1-3H3,(H,28,33)(H,30,32). The zero-order valence-corrected chi connectivity index (χ0v) is 21.4. The maximum atomic E-state index is 12.8. The Labute approximate surface area is 212 Å². The monoisotopic (exact) mass is 502 g/mol. The number of carbonyl (C=O) groups is 2. The first kappa shape index (κ1) is 26.8. The Morgan fingerprint density at radius 1 is 1.23 bits per heavy atom. The molecule has 2 amide bonds. The number of amides is 2. The summed E-state index contributed by atoms with van der Waals surface area (Å²) in [5.74, 6) is 1.16. The highest BCUT2D eigenvalue weighted by Crippen LogP contribution is 2.27. The zero-order chi connectivity index (χ0) is 25.2. The molecular weight excluding hydrogens is 468 g/mol. The second-order valence-corrected chi connectivity index (χ2v) is 9.17. The lowest BCUT2D eigenvalue weighted by Crippen LogP contribution is -2.52. The van der Waals surface area contributed by atoms with E-state index < -0.39 is 6.10 Å². The Bertz CT molecular complexity index is 955. The van der Waals surface area contributed by atoms with Gasteiger partial charge in [-0.3, -0.25) is 9.59 Å². The summed E-state index contributed by atoms with van der Waals surface area (Å²) in [5.41, 5.74) is 0.522. The largest absolute Gasteiger partial charge is 0.481 e. The second kappa shape index (κ2) is 13.3. The lowest BCUT2D eigenvalue weighted by molar-refractivity contribution is -0.128. The highest BCUT2D eigenvalue weighted by atomic mass is 35.5. The van der Waals surface area contributed by atoms with Gasteiger partial charge in [0.05, 0.1) is 12.2 Å². The molecule has 0 bridgehead atoms. The minimum absolute atomic E-state index is 0.0670. The zero-order valence-electron chi connectivity index (χ0n) is 20.6. The summed E-state index contributed by atoms with van der Waals surface area (Å²) >= 11 is 5.91. The molecule has 0 spiro atoms. The summed E-state index contributed by atoms with van der Waals surface area (Å²) in [6.45, 7) is 5.60. The van der Waals surface area contributed by atoms with Crippen LogP contribution in [0.3, 0.4) is 0 Å². The van der Waals surface area contributed by atoms with Gasteiger partial charge in [-0.25, -0.2) is 4.98 Å². The third-order valence-electron chi connectivity index (χ3n) is 6.08. The van der Waals surface area contributed by atoms with Crippen molar-refractivity contribution in [2.75, 3.05) is 31.7 Å². The van der Waals surface area contributed by atoms with E-state index in [1.165, 1.54) is 0 Å². The minimum atomic E-state index is -0.608. The van der Waals surface area contributed by atoms with Crippen LogP contribution in [0.15, 0.2) is 42.6 Å². The van der Waals surface area contributed by atoms with Gasteiger partial charge in [0.1, 0.15) is 11.6 Å². The van der Waals surface area contributed by atoms with Crippen molar-refractivity contribution in [1.29, 1.82) is 0 Å². The summed E-state index contributed by atoms with van der Waals surface area (Å²) in [6, 6.07) is 11.0. The van der Waals surface area contributed by atoms with Crippen molar-refractivity contribution in [3.63, 3.8) is 0 Å². The summed E-state index contributed by atoms with van der Waals surface area (Å²) < 4.78 is 10.7. The highest BCUT2D eigenvalue weighted by Gasteiger charge is 2.30. The molecule has 0 radical (unpaired) electrons. The van der Waals surface area contributed by atoms with E-state index in [1.54, 1.807) is 50.6 Å². The van der Waals surface area contributed by atoms with E-state index in [2.05, 4.69) is 27.4 Å². The van der Waals surface area contributed by atoms with Gasteiger partial charge in [-0.1, -0.05) is 24.9 Å². The number of hydrogen-bond donors (Lipinski definition) is 2. The fourth-order valence-electron chi connectivity index (χ4n) is 4.24. The number of methoxy groups -OCH3 is 1. The number of carbonyl (C=O) groups excluding carboxylic acids is 2. The maximum Gasteiger partial charge on any atom is 0.260 e. The van der Waals surface area contributed by atoms with Gasteiger partial charge in [0.2, 0.25) is 0 Å². The lowest BCUT2D eigenvalue weighted by atomic mass is 9.93. The molecule has 0 aliphatic carbocycles. The minimum Gasteiger partial charge on any atom is -0.481 e. The van der Waals surface area contributed by atoms with E-state index in [4.69, 9.17) is 21.1 Å². The van der Waals surface area contributed by atoms with Crippen molar-refractivity contribution in [1.82, 2.24) is 15.6 Å². The third kappa shape index (κ3) is 7.83. The number of aromatic nitrogens is 1. The van der Waals surface area contributed by atoms with Crippen molar-refractivity contribution in [2.24, 2.45) is 0 Å². The number of halogens is 1. The van der Waals surface area contributed by atoms with Crippen LogP contribution in [0.5, 0.6) is 5.75 Å². The molecule has 0 saturated carbocycles. The van der Waals surface area contributed by atoms with E-state index >= 15 is 0 Å². The Morgan fingerprint density at radius 3 is 2.66 bits per heavy atom.